The molecular weight excluding hydrogens is 266 g/mol. The van der Waals surface area contributed by atoms with E-state index in [9.17, 15) is 0 Å². The fraction of sp³-hybridized carbons (Fsp3) is 0.533. The van der Waals surface area contributed by atoms with Crippen LogP contribution in [0.4, 0.5) is 5.69 Å². The number of tetrazole rings is 1. The van der Waals surface area contributed by atoms with Crippen molar-refractivity contribution in [2.75, 3.05) is 12.8 Å². The van der Waals surface area contributed by atoms with Crippen LogP contribution in [-0.2, 0) is 6.54 Å². The molecule has 1 aromatic heterocycles. The van der Waals surface area contributed by atoms with Gasteiger partial charge in [0.05, 0.1) is 19.2 Å². The number of methoxy groups -OCH3 is 1. The average molecular weight is 287 g/mol. The van der Waals surface area contributed by atoms with Gasteiger partial charge in [0.2, 0.25) is 0 Å². The van der Waals surface area contributed by atoms with Gasteiger partial charge in [-0.05, 0) is 46.7 Å². The van der Waals surface area contributed by atoms with Crippen molar-refractivity contribution in [2.24, 2.45) is 11.3 Å². The van der Waals surface area contributed by atoms with Crippen LogP contribution in [0.3, 0.4) is 0 Å². The number of rotatable bonds is 5. The van der Waals surface area contributed by atoms with Gasteiger partial charge in [0.25, 0.3) is 0 Å². The quantitative estimate of drug-likeness (QED) is 0.854. The van der Waals surface area contributed by atoms with Crippen LogP contribution in [0.15, 0.2) is 18.2 Å². The average Bonchev–Trinajstić information content (AvgIpc) is 3.11. The lowest BCUT2D eigenvalue weighted by molar-refractivity contribution is 0.294. The molecule has 0 atom stereocenters. The van der Waals surface area contributed by atoms with Crippen LogP contribution in [0.1, 0.15) is 26.7 Å². The Bertz CT molecular complexity index is 645. The first-order valence-corrected chi connectivity index (χ1v) is 7.26. The maximum absolute atomic E-state index is 5.81. The molecule has 6 nitrogen and oxygen atoms in total. The number of aromatic nitrogens is 4. The summed E-state index contributed by atoms with van der Waals surface area (Å²) in [6.07, 6.45) is 2.48. The lowest BCUT2D eigenvalue weighted by Gasteiger charge is -2.20. The third-order valence-corrected chi connectivity index (χ3v) is 4.58. The smallest absolute Gasteiger partial charge is 0.185 e. The second-order valence-electron chi connectivity index (χ2n) is 6.14. The van der Waals surface area contributed by atoms with Crippen molar-refractivity contribution >= 4 is 5.69 Å². The summed E-state index contributed by atoms with van der Waals surface area (Å²) in [7, 11) is 1.63. The normalized spacial score (nSPS) is 16.2. The summed E-state index contributed by atoms with van der Waals surface area (Å²) in [5, 5.41) is 12.2. The first-order valence-electron chi connectivity index (χ1n) is 7.26. The predicted molar refractivity (Wildman–Crippen MR) is 80.7 cm³/mol. The molecule has 1 saturated carbocycles. The minimum Gasteiger partial charge on any atom is -0.496 e. The summed E-state index contributed by atoms with van der Waals surface area (Å²) in [4.78, 5) is 0. The molecule has 0 amide bonds. The lowest BCUT2D eigenvalue weighted by atomic mass is 9.92. The van der Waals surface area contributed by atoms with E-state index in [1.165, 1.54) is 12.8 Å². The van der Waals surface area contributed by atoms with Crippen LogP contribution < -0.4 is 10.5 Å². The molecule has 0 spiro atoms. The van der Waals surface area contributed by atoms with Gasteiger partial charge < -0.3 is 10.5 Å². The van der Waals surface area contributed by atoms with Crippen molar-refractivity contribution in [1.29, 1.82) is 0 Å². The van der Waals surface area contributed by atoms with E-state index in [-0.39, 0.29) is 0 Å². The molecule has 0 unspecified atom stereocenters. The Balaban J connectivity index is 1.96. The molecule has 1 fully saturated rings. The third-order valence-electron chi connectivity index (χ3n) is 4.58. The molecule has 1 heterocycles. The minimum absolute atomic E-state index is 0.338. The van der Waals surface area contributed by atoms with E-state index >= 15 is 0 Å². The molecule has 2 N–H and O–H groups in total. The van der Waals surface area contributed by atoms with Crippen LogP contribution >= 0.6 is 0 Å². The molecule has 0 saturated heterocycles. The number of benzene rings is 1. The molecule has 0 radical (unpaired) electrons. The zero-order chi connectivity index (χ0) is 15.0. The number of nitrogens with two attached hydrogens (primary N) is 1. The highest BCUT2D eigenvalue weighted by Crippen LogP contribution is 2.53. The van der Waals surface area contributed by atoms with E-state index in [1.54, 1.807) is 13.2 Å². The van der Waals surface area contributed by atoms with Gasteiger partial charge in [-0.2, -0.15) is 0 Å². The molecule has 112 valence electrons. The van der Waals surface area contributed by atoms with Gasteiger partial charge in [0.1, 0.15) is 5.75 Å². The molecule has 0 bridgehead atoms. The Morgan fingerprint density at radius 2 is 2.14 bits per heavy atom. The molecule has 6 heteroatoms. The fourth-order valence-corrected chi connectivity index (χ4v) is 2.77. The van der Waals surface area contributed by atoms with Crippen LogP contribution in [0.5, 0.6) is 5.75 Å². The van der Waals surface area contributed by atoms with Crippen LogP contribution in [-0.4, -0.2) is 27.3 Å². The Morgan fingerprint density at radius 1 is 1.38 bits per heavy atom. The number of nitrogens with zero attached hydrogens (tertiary/aromatic N) is 4. The van der Waals surface area contributed by atoms with E-state index in [1.807, 2.05) is 16.8 Å². The summed E-state index contributed by atoms with van der Waals surface area (Å²) >= 11 is 0. The van der Waals surface area contributed by atoms with Crippen molar-refractivity contribution in [1.82, 2.24) is 20.2 Å². The maximum atomic E-state index is 5.81. The van der Waals surface area contributed by atoms with Gasteiger partial charge in [0, 0.05) is 11.8 Å². The Morgan fingerprint density at radius 3 is 2.76 bits per heavy atom. The Hall–Kier alpha value is -2.11. The summed E-state index contributed by atoms with van der Waals surface area (Å²) in [5.74, 6) is 2.06. The summed E-state index contributed by atoms with van der Waals surface area (Å²) in [6, 6.07) is 5.54. The lowest BCUT2D eigenvalue weighted by Crippen LogP contribution is -2.19. The van der Waals surface area contributed by atoms with Gasteiger partial charge in [0.15, 0.2) is 5.82 Å². The first kappa shape index (κ1) is 13.9. The van der Waals surface area contributed by atoms with Gasteiger partial charge >= 0.3 is 0 Å². The largest absolute Gasteiger partial charge is 0.496 e. The van der Waals surface area contributed by atoms with Gasteiger partial charge in [-0.3, -0.25) is 0 Å². The van der Waals surface area contributed by atoms with E-state index in [0.29, 0.717) is 22.8 Å². The van der Waals surface area contributed by atoms with Gasteiger partial charge in [-0.25, -0.2) is 4.68 Å². The predicted octanol–water partition coefficient (Wildman–Crippen LogP) is 2.37. The Labute approximate surface area is 124 Å². The zero-order valence-corrected chi connectivity index (χ0v) is 12.7. The molecule has 0 aliphatic heterocycles. The number of ether oxygens (including phenoxy) is 1. The Kier molecular flexibility index (Phi) is 3.31. The maximum Gasteiger partial charge on any atom is 0.185 e. The monoisotopic (exact) mass is 287 g/mol. The summed E-state index contributed by atoms with van der Waals surface area (Å²) in [5.41, 5.74) is 7.68. The third kappa shape index (κ3) is 2.46. The number of hydrogen-bond acceptors (Lipinski definition) is 5. The first-order chi connectivity index (χ1) is 10.1. The van der Waals surface area contributed by atoms with E-state index in [2.05, 4.69) is 29.4 Å². The highest BCUT2D eigenvalue weighted by atomic mass is 16.5. The molecule has 21 heavy (non-hydrogen) atoms. The number of anilines is 1. The standard InChI is InChI=1S/C15H21N5O/c1-10(2)15(6-7-15)9-20-14(17-18-19-20)12-5-4-11(16)8-13(12)21-3/h4-5,8,10H,6-7,9,16H2,1-3H3. The number of nitrogen functional groups attached to an aromatic ring is 1. The molecule has 3 rings (SSSR count). The van der Waals surface area contributed by atoms with Gasteiger partial charge in [-0.1, -0.05) is 13.8 Å². The molecule has 1 aliphatic carbocycles. The van der Waals surface area contributed by atoms with E-state index in [0.717, 1.165) is 17.9 Å². The zero-order valence-electron chi connectivity index (χ0n) is 12.7. The highest BCUT2D eigenvalue weighted by Gasteiger charge is 2.46. The summed E-state index contributed by atoms with van der Waals surface area (Å²) < 4.78 is 7.30. The van der Waals surface area contributed by atoms with Gasteiger partial charge in [-0.15, -0.1) is 5.10 Å². The topological polar surface area (TPSA) is 78.8 Å². The van der Waals surface area contributed by atoms with E-state index < -0.39 is 0 Å². The molecule has 1 aliphatic rings. The van der Waals surface area contributed by atoms with Crippen molar-refractivity contribution in [2.45, 2.75) is 33.2 Å². The second kappa shape index (κ2) is 5.02. The molecule has 1 aromatic carbocycles. The van der Waals surface area contributed by atoms with Crippen molar-refractivity contribution < 1.29 is 4.74 Å². The van der Waals surface area contributed by atoms with E-state index in [4.69, 9.17) is 10.5 Å². The van der Waals surface area contributed by atoms with Crippen LogP contribution in [0, 0.1) is 11.3 Å². The van der Waals surface area contributed by atoms with Crippen molar-refractivity contribution in [3.8, 4) is 17.1 Å². The SMILES string of the molecule is COc1cc(N)ccc1-c1nnnn1CC1(C(C)C)CC1. The van der Waals surface area contributed by atoms with Crippen molar-refractivity contribution in [3.63, 3.8) is 0 Å². The van der Waals surface area contributed by atoms with Crippen molar-refractivity contribution in [3.05, 3.63) is 18.2 Å². The molecule has 2 aromatic rings. The summed E-state index contributed by atoms with van der Waals surface area (Å²) in [6.45, 7) is 5.38. The van der Waals surface area contributed by atoms with Crippen LogP contribution in [0.25, 0.3) is 11.4 Å². The highest BCUT2D eigenvalue weighted by molar-refractivity contribution is 5.67. The number of hydrogen-bond donors (Lipinski definition) is 1. The fourth-order valence-electron chi connectivity index (χ4n) is 2.77. The second-order valence-corrected chi connectivity index (χ2v) is 6.14. The van der Waals surface area contributed by atoms with Crippen LogP contribution in [0.2, 0.25) is 0 Å². The minimum atomic E-state index is 0.338. The molecular formula is C15H21N5O.